The molecule has 0 aliphatic heterocycles. The molecule has 0 fully saturated rings. The van der Waals surface area contributed by atoms with Gasteiger partial charge in [-0.25, -0.2) is 13.2 Å². The fraction of sp³-hybridized carbons (Fsp3) is 0.300. The van der Waals surface area contributed by atoms with Crippen molar-refractivity contribution in [3.63, 3.8) is 0 Å². The van der Waals surface area contributed by atoms with Crippen molar-refractivity contribution in [2.75, 3.05) is 12.8 Å². The highest BCUT2D eigenvalue weighted by molar-refractivity contribution is 7.91. The van der Waals surface area contributed by atoms with E-state index in [9.17, 15) is 22.0 Å². The number of amides is 1. The van der Waals surface area contributed by atoms with Gasteiger partial charge in [0.25, 0.3) is 0 Å². The molecule has 1 amide bonds. The maximum atomic E-state index is 12.5. The minimum atomic E-state index is -4.80. The van der Waals surface area contributed by atoms with E-state index >= 15 is 0 Å². The lowest BCUT2D eigenvalue weighted by atomic mass is 10.2. The first-order valence-corrected chi connectivity index (χ1v) is 6.55. The monoisotopic (exact) mass is 294 g/mol. The number of carbonyl (C=O) groups is 1. The first-order chi connectivity index (χ1) is 8.66. The SMILES string of the molecule is CN(Cc1cc(N)ccc1S(=O)(=O)C(F)F)C(=O)O. The molecule has 0 atom stereocenters. The van der Waals surface area contributed by atoms with E-state index in [0.717, 1.165) is 17.0 Å². The van der Waals surface area contributed by atoms with Crippen LogP contribution in [-0.2, 0) is 16.4 Å². The van der Waals surface area contributed by atoms with E-state index in [1.807, 2.05) is 0 Å². The van der Waals surface area contributed by atoms with Crippen molar-refractivity contribution < 1.29 is 27.1 Å². The van der Waals surface area contributed by atoms with Crippen LogP contribution in [0.4, 0.5) is 19.3 Å². The van der Waals surface area contributed by atoms with Gasteiger partial charge in [-0.15, -0.1) is 0 Å². The van der Waals surface area contributed by atoms with E-state index in [2.05, 4.69) is 0 Å². The van der Waals surface area contributed by atoms with Gasteiger partial charge in [0.1, 0.15) is 0 Å². The third-order valence-corrected chi connectivity index (χ3v) is 3.84. The Morgan fingerprint density at radius 1 is 1.47 bits per heavy atom. The zero-order valence-corrected chi connectivity index (χ0v) is 10.7. The fourth-order valence-corrected chi connectivity index (χ4v) is 2.36. The van der Waals surface area contributed by atoms with Crippen LogP contribution in [0.3, 0.4) is 0 Å². The molecular weight excluding hydrogens is 282 g/mol. The lowest BCUT2D eigenvalue weighted by Gasteiger charge is -2.16. The summed E-state index contributed by atoms with van der Waals surface area (Å²) in [6, 6.07) is 3.27. The number of benzene rings is 1. The van der Waals surface area contributed by atoms with E-state index in [1.165, 1.54) is 13.1 Å². The molecule has 1 aromatic carbocycles. The minimum Gasteiger partial charge on any atom is -0.465 e. The molecule has 106 valence electrons. The maximum absolute atomic E-state index is 12.5. The van der Waals surface area contributed by atoms with Crippen LogP contribution in [-0.4, -0.2) is 37.3 Å². The van der Waals surface area contributed by atoms with Crippen LogP contribution >= 0.6 is 0 Å². The van der Waals surface area contributed by atoms with Crippen molar-refractivity contribution in [3.05, 3.63) is 23.8 Å². The third-order valence-electron chi connectivity index (χ3n) is 2.36. The van der Waals surface area contributed by atoms with Crippen LogP contribution in [0.2, 0.25) is 0 Å². The van der Waals surface area contributed by atoms with Gasteiger partial charge in [0.15, 0.2) is 0 Å². The first kappa shape index (κ1) is 15.2. The molecule has 1 rings (SSSR count). The smallest absolute Gasteiger partial charge is 0.407 e. The van der Waals surface area contributed by atoms with E-state index in [0.29, 0.717) is 0 Å². The summed E-state index contributed by atoms with van der Waals surface area (Å²) >= 11 is 0. The number of hydrogen-bond acceptors (Lipinski definition) is 4. The molecule has 6 nitrogen and oxygen atoms in total. The topological polar surface area (TPSA) is 101 Å². The molecule has 19 heavy (non-hydrogen) atoms. The quantitative estimate of drug-likeness (QED) is 0.817. The Bertz CT molecular complexity index is 589. The summed E-state index contributed by atoms with van der Waals surface area (Å²) in [7, 11) is -3.62. The summed E-state index contributed by atoms with van der Waals surface area (Å²) in [6.07, 6.45) is -1.32. The van der Waals surface area contributed by atoms with Crippen molar-refractivity contribution in [2.24, 2.45) is 0 Å². The Morgan fingerprint density at radius 3 is 2.53 bits per heavy atom. The second kappa shape index (κ2) is 5.39. The van der Waals surface area contributed by atoms with E-state index in [-0.39, 0.29) is 17.8 Å². The van der Waals surface area contributed by atoms with Crippen LogP contribution in [0.25, 0.3) is 0 Å². The summed E-state index contributed by atoms with van der Waals surface area (Å²) < 4.78 is 48.0. The Morgan fingerprint density at radius 2 is 2.05 bits per heavy atom. The molecule has 0 saturated heterocycles. The lowest BCUT2D eigenvalue weighted by molar-refractivity contribution is 0.153. The zero-order chi connectivity index (χ0) is 14.8. The maximum Gasteiger partial charge on any atom is 0.407 e. The minimum absolute atomic E-state index is 0.0924. The summed E-state index contributed by atoms with van der Waals surface area (Å²) in [4.78, 5) is 10.8. The molecule has 0 saturated carbocycles. The van der Waals surface area contributed by atoms with Crippen LogP contribution in [0.1, 0.15) is 5.56 Å². The molecule has 3 N–H and O–H groups in total. The summed E-state index contributed by atoms with van der Waals surface area (Å²) in [6.45, 7) is -0.359. The Labute approximate surface area is 108 Å². The normalized spacial score (nSPS) is 11.6. The fourth-order valence-electron chi connectivity index (χ4n) is 1.42. The van der Waals surface area contributed by atoms with Gasteiger partial charge in [0.05, 0.1) is 11.4 Å². The molecule has 0 aliphatic carbocycles. The van der Waals surface area contributed by atoms with Crippen LogP contribution < -0.4 is 5.73 Å². The van der Waals surface area contributed by atoms with Gasteiger partial charge >= 0.3 is 11.9 Å². The van der Waals surface area contributed by atoms with E-state index in [4.69, 9.17) is 10.8 Å². The molecular formula is C10H12F2N2O4S. The number of rotatable bonds is 4. The molecule has 0 aliphatic rings. The number of hydrogen-bond donors (Lipinski definition) is 2. The number of alkyl halides is 2. The number of nitrogens with zero attached hydrogens (tertiary/aromatic N) is 1. The molecule has 0 heterocycles. The Balaban J connectivity index is 3.31. The average molecular weight is 294 g/mol. The Hall–Kier alpha value is -1.90. The molecule has 0 aromatic heterocycles. The van der Waals surface area contributed by atoms with Gasteiger partial charge in [0, 0.05) is 12.7 Å². The highest BCUT2D eigenvalue weighted by atomic mass is 32.2. The highest BCUT2D eigenvalue weighted by Crippen LogP contribution is 2.25. The summed E-state index contributed by atoms with van der Waals surface area (Å²) in [5, 5.41) is 8.71. The molecule has 1 aromatic rings. The van der Waals surface area contributed by atoms with Crippen LogP contribution in [0, 0.1) is 0 Å². The third kappa shape index (κ3) is 3.31. The number of anilines is 1. The molecule has 0 spiro atoms. The molecule has 0 unspecified atom stereocenters. The number of nitrogens with two attached hydrogens (primary N) is 1. The zero-order valence-electron chi connectivity index (χ0n) is 9.88. The molecule has 0 radical (unpaired) electrons. The summed E-state index contributed by atoms with van der Waals surface area (Å²) in [5.74, 6) is -3.58. The average Bonchev–Trinajstić information content (AvgIpc) is 2.28. The summed E-state index contributed by atoms with van der Waals surface area (Å²) in [5.41, 5.74) is 5.51. The van der Waals surface area contributed by atoms with Crippen LogP contribution in [0.5, 0.6) is 0 Å². The molecule has 9 heteroatoms. The standard InChI is InChI=1S/C10H12F2N2O4S/c1-14(10(15)16)5-6-4-7(13)2-3-8(6)19(17,18)9(11)12/h2-4,9H,5,13H2,1H3,(H,15,16). The van der Waals surface area contributed by atoms with Gasteiger partial charge in [-0.05, 0) is 23.8 Å². The predicted molar refractivity (Wildman–Crippen MR) is 63.5 cm³/mol. The number of nitrogen functional groups attached to an aromatic ring is 1. The number of carboxylic acid groups (broad SMARTS) is 1. The van der Waals surface area contributed by atoms with Crippen molar-refractivity contribution >= 4 is 21.6 Å². The highest BCUT2D eigenvalue weighted by Gasteiger charge is 2.29. The van der Waals surface area contributed by atoms with Crippen molar-refractivity contribution in [1.29, 1.82) is 0 Å². The van der Waals surface area contributed by atoms with Crippen molar-refractivity contribution in [2.45, 2.75) is 17.2 Å². The second-order valence-corrected chi connectivity index (χ2v) is 5.70. The van der Waals surface area contributed by atoms with Crippen molar-refractivity contribution in [1.82, 2.24) is 4.90 Å². The number of halogens is 2. The van der Waals surface area contributed by atoms with E-state index in [1.54, 1.807) is 0 Å². The van der Waals surface area contributed by atoms with Crippen LogP contribution in [0.15, 0.2) is 23.1 Å². The largest absolute Gasteiger partial charge is 0.465 e. The van der Waals surface area contributed by atoms with Gasteiger partial charge in [-0.2, -0.15) is 8.78 Å². The number of sulfone groups is 1. The van der Waals surface area contributed by atoms with E-state index < -0.39 is 26.6 Å². The van der Waals surface area contributed by atoms with Gasteiger partial charge in [-0.1, -0.05) is 0 Å². The van der Waals surface area contributed by atoms with Gasteiger partial charge < -0.3 is 15.7 Å². The van der Waals surface area contributed by atoms with Gasteiger partial charge in [-0.3, -0.25) is 0 Å². The second-order valence-electron chi connectivity index (χ2n) is 3.81. The van der Waals surface area contributed by atoms with Gasteiger partial charge in [0.2, 0.25) is 9.84 Å². The van der Waals surface area contributed by atoms with Crippen molar-refractivity contribution in [3.8, 4) is 0 Å². The Kier molecular flexibility index (Phi) is 4.30. The first-order valence-electron chi connectivity index (χ1n) is 5.00. The molecule has 0 bridgehead atoms. The predicted octanol–water partition coefficient (Wildman–Crippen LogP) is 1.37. The lowest BCUT2D eigenvalue weighted by Crippen LogP contribution is -2.25.